The Bertz CT molecular complexity index is 318. The molecule has 108 valence electrons. The van der Waals surface area contributed by atoms with E-state index < -0.39 is 17.9 Å². The van der Waals surface area contributed by atoms with Gasteiger partial charge in [-0.3, -0.25) is 14.4 Å². The number of rotatable bonds is 8. The van der Waals surface area contributed by atoms with Crippen molar-refractivity contribution >= 4 is 17.9 Å². The molecule has 0 aliphatic heterocycles. The van der Waals surface area contributed by atoms with Gasteiger partial charge in [0.15, 0.2) is 5.92 Å². The van der Waals surface area contributed by atoms with Crippen LogP contribution in [-0.4, -0.2) is 39.2 Å². The number of esters is 3. The Balaban J connectivity index is 4.07. The van der Waals surface area contributed by atoms with Gasteiger partial charge in [0.2, 0.25) is 0 Å². The molecular formula is C13H20O6. The highest BCUT2D eigenvalue weighted by molar-refractivity contribution is 5.94. The molecular weight excluding hydrogens is 252 g/mol. The van der Waals surface area contributed by atoms with Gasteiger partial charge in [-0.2, -0.15) is 0 Å². The average molecular weight is 272 g/mol. The molecule has 0 aliphatic rings. The standard InChI is InChI=1S/C13H20O6/c1-17-11(14)9-7-5-4-6-8-10(12(15)18-2)13(16)19-3/h4,6,10H,5,7-9H2,1-3H3/b6-4+. The van der Waals surface area contributed by atoms with Gasteiger partial charge in [-0.25, -0.2) is 0 Å². The Morgan fingerprint density at radius 3 is 2.00 bits per heavy atom. The molecule has 0 unspecified atom stereocenters. The van der Waals surface area contributed by atoms with E-state index in [4.69, 9.17) is 0 Å². The van der Waals surface area contributed by atoms with E-state index in [1.807, 2.05) is 6.08 Å². The molecule has 0 rings (SSSR count). The van der Waals surface area contributed by atoms with Crippen molar-refractivity contribution in [3.8, 4) is 0 Å². The summed E-state index contributed by atoms with van der Waals surface area (Å²) in [5.74, 6) is -2.43. The summed E-state index contributed by atoms with van der Waals surface area (Å²) in [5, 5.41) is 0. The SMILES string of the molecule is COC(=O)CCC/C=C/CC(C(=O)OC)C(=O)OC. The monoisotopic (exact) mass is 272 g/mol. The molecule has 0 heterocycles. The number of carbonyl (C=O) groups excluding carboxylic acids is 3. The lowest BCUT2D eigenvalue weighted by molar-refractivity contribution is -0.158. The van der Waals surface area contributed by atoms with Crippen LogP contribution in [0.25, 0.3) is 0 Å². The second-order valence-electron chi connectivity index (χ2n) is 3.77. The Hall–Kier alpha value is -1.85. The van der Waals surface area contributed by atoms with Crippen molar-refractivity contribution in [3.63, 3.8) is 0 Å². The zero-order valence-corrected chi connectivity index (χ0v) is 11.5. The second-order valence-corrected chi connectivity index (χ2v) is 3.77. The molecule has 0 atom stereocenters. The van der Waals surface area contributed by atoms with Crippen molar-refractivity contribution in [1.82, 2.24) is 0 Å². The number of hydrogen-bond acceptors (Lipinski definition) is 6. The van der Waals surface area contributed by atoms with Crippen molar-refractivity contribution in [2.45, 2.75) is 25.7 Å². The van der Waals surface area contributed by atoms with Crippen LogP contribution in [0.3, 0.4) is 0 Å². The lowest BCUT2D eigenvalue weighted by Crippen LogP contribution is -2.25. The number of unbranched alkanes of at least 4 members (excludes halogenated alkanes) is 1. The fourth-order valence-corrected chi connectivity index (χ4v) is 1.39. The minimum Gasteiger partial charge on any atom is -0.469 e. The van der Waals surface area contributed by atoms with Crippen LogP contribution in [-0.2, 0) is 28.6 Å². The molecule has 0 aromatic heterocycles. The quantitative estimate of drug-likeness (QED) is 0.217. The van der Waals surface area contributed by atoms with Gasteiger partial charge in [-0.15, -0.1) is 0 Å². The van der Waals surface area contributed by atoms with Gasteiger partial charge in [-0.1, -0.05) is 12.2 Å². The maximum atomic E-state index is 11.3. The van der Waals surface area contributed by atoms with E-state index in [-0.39, 0.29) is 12.4 Å². The Morgan fingerprint density at radius 1 is 0.947 bits per heavy atom. The van der Waals surface area contributed by atoms with Crippen LogP contribution in [0, 0.1) is 5.92 Å². The van der Waals surface area contributed by atoms with E-state index in [1.54, 1.807) is 6.08 Å². The average Bonchev–Trinajstić information content (AvgIpc) is 2.44. The largest absolute Gasteiger partial charge is 0.469 e. The summed E-state index contributed by atoms with van der Waals surface area (Å²) >= 11 is 0. The number of allylic oxidation sites excluding steroid dienone is 2. The first-order valence-corrected chi connectivity index (χ1v) is 5.94. The highest BCUT2D eigenvalue weighted by atomic mass is 16.5. The van der Waals surface area contributed by atoms with Crippen molar-refractivity contribution in [3.05, 3.63) is 12.2 Å². The van der Waals surface area contributed by atoms with Crippen LogP contribution in [0.2, 0.25) is 0 Å². The molecule has 0 amide bonds. The van der Waals surface area contributed by atoms with Crippen LogP contribution in [0.5, 0.6) is 0 Å². The molecule has 0 N–H and O–H groups in total. The molecule has 19 heavy (non-hydrogen) atoms. The zero-order chi connectivity index (χ0) is 14.7. The molecule has 0 aromatic carbocycles. The lowest BCUT2D eigenvalue weighted by Gasteiger charge is -2.09. The first-order chi connectivity index (χ1) is 9.06. The normalized spacial score (nSPS) is 10.5. The molecule has 0 aromatic rings. The minimum absolute atomic E-state index is 0.220. The topological polar surface area (TPSA) is 78.9 Å². The third-order valence-electron chi connectivity index (χ3n) is 2.49. The van der Waals surface area contributed by atoms with E-state index in [9.17, 15) is 14.4 Å². The van der Waals surface area contributed by atoms with Gasteiger partial charge in [-0.05, 0) is 19.3 Å². The first-order valence-electron chi connectivity index (χ1n) is 5.94. The fraction of sp³-hybridized carbons (Fsp3) is 0.615. The number of methoxy groups -OCH3 is 3. The summed E-state index contributed by atoms with van der Waals surface area (Å²) in [5.41, 5.74) is 0. The molecule has 0 bridgehead atoms. The van der Waals surface area contributed by atoms with Gasteiger partial charge in [0, 0.05) is 6.42 Å². The predicted octanol–water partition coefficient (Wildman–Crippen LogP) is 1.24. The van der Waals surface area contributed by atoms with E-state index in [1.165, 1.54) is 21.3 Å². The summed E-state index contributed by atoms with van der Waals surface area (Å²) < 4.78 is 13.6. The molecule has 0 radical (unpaired) electrons. The van der Waals surface area contributed by atoms with Crippen LogP contribution in [0.4, 0.5) is 0 Å². The summed E-state index contributed by atoms with van der Waals surface area (Å²) in [6, 6.07) is 0. The van der Waals surface area contributed by atoms with E-state index in [0.717, 1.165) is 0 Å². The maximum absolute atomic E-state index is 11.3. The highest BCUT2D eigenvalue weighted by Gasteiger charge is 2.26. The van der Waals surface area contributed by atoms with Crippen molar-refractivity contribution < 1.29 is 28.6 Å². The summed E-state index contributed by atoms with van der Waals surface area (Å²) in [6.07, 6.45) is 5.40. The van der Waals surface area contributed by atoms with Crippen LogP contribution < -0.4 is 0 Å². The van der Waals surface area contributed by atoms with Gasteiger partial charge < -0.3 is 14.2 Å². The second kappa shape index (κ2) is 10.1. The predicted molar refractivity (Wildman–Crippen MR) is 67.1 cm³/mol. The smallest absolute Gasteiger partial charge is 0.320 e. The van der Waals surface area contributed by atoms with Crippen molar-refractivity contribution in [2.75, 3.05) is 21.3 Å². The molecule has 6 nitrogen and oxygen atoms in total. The third-order valence-corrected chi connectivity index (χ3v) is 2.49. The third kappa shape index (κ3) is 7.23. The van der Waals surface area contributed by atoms with Crippen molar-refractivity contribution in [1.29, 1.82) is 0 Å². The molecule has 6 heteroatoms. The van der Waals surface area contributed by atoms with E-state index in [0.29, 0.717) is 19.3 Å². The van der Waals surface area contributed by atoms with Crippen LogP contribution in [0.15, 0.2) is 12.2 Å². The van der Waals surface area contributed by atoms with Gasteiger partial charge in [0.25, 0.3) is 0 Å². The minimum atomic E-state index is -0.938. The summed E-state index contributed by atoms with van der Waals surface area (Å²) in [4.78, 5) is 33.5. The Labute approximate surface area is 112 Å². The Morgan fingerprint density at radius 2 is 1.53 bits per heavy atom. The number of ether oxygens (including phenoxy) is 3. The zero-order valence-electron chi connectivity index (χ0n) is 11.5. The Kier molecular flexibility index (Phi) is 9.12. The lowest BCUT2D eigenvalue weighted by atomic mass is 10.1. The van der Waals surface area contributed by atoms with Gasteiger partial charge >= 0.3 is 17.9 Å². The molecule has 0 fully saturated rings. The fourth-order valence-electron chi connectivity index (χ4n) is 1.39. The molecule has 0 saturated heterocycles. The first kappa shape index (κ1) is 17.2. The van der Waals surface area contributed by atoms with Crippen molar-refractivity contribution in [2.24, 2.45) is 5.92 Å². The number of carbonyl (C=O) groups is 3. The van der Waals surface area contributed by atoms with Gasteiger partial charge in [0.05, 0.1) is 21.3 Å². The highest BCUT2D eigenvalue weighted by Crippen LogP contribution is 2.10. The van der Waals surface area contributed by atoms with Crippen LogP contribution in [0.1, 0.15) is 25.7 Å². The molecule has 0 spiro atoms. The van der Waals surface area contributed by atoms with E-state index in [2.05, 4.69) is 14.2 Å². The van der Waals surface area contributed by atoms with Crippen LogP contribution >= 0.6 is 0 Å². The molecule has 0 saturated carbocycles. The van der Waals surface area contributed by atoms with E-state index >= 15 is 0 Å². The molecule has 0 aliphatic carbocycles. The summed E-state index contributed by atoms with van der Waals surface area (Å²) in [6.45, 7) is 0. The number of hydrogen-bond donors (Lipinski definition) is 0. The van der Waals surface area contributed by atoms with Gasteiger partial charge in [0.1, 0.15) is 0 Å². The summed E-state index contributed by atoms with van der Waals surface area (Å²) in [7, 11) is 3.78. The maximum Gasteiger partial charge on any atom is 0.320 e.